The lowest BCUT2D eigenvalue weighted by Crippen LogP contribution is -2.49. The Balaban J connectivity index is 5.34. The normalized spacial score (nSPS) is 14.4. The Morgan fingerprint density at radius 1 is 1.10 bits per heavy atom. The van der Waals surface area contributed by atoms with E-state index in [1.165, 1.54) is 0 Å². The van der Waals surface area contributed by atoms with Crippen molar-refractivity contribution in [2.75, 3.05) is 14.2 Å². The van der Waals surface area contributed by atoms with Crippen LogP contribution in [0.15, 0.2) is 0 Å². The van der Waals surface area contributed by atoms with Crippen LogP contribution in [-0.2, 0) is 29.2 Å². The molecule has 0 fully saturated rings. The third-order valence-corrected chi connectivity index (χ3v) is 4.65. The number of hydrogen-bond acceptors (Lipinski definition) is 6. The first-order valence-corrected chi connectivity index (χ1v) is 7.81. The highest BCUT2D eigenvalue weighted by Crippen LogP contribution is 2.30. The molecule has 1 N–H and O–H groups in total. The van der Waals surface area contributed by atoms with Gasteiger partial charge in [0.25, 0.3) is 10.1 Å². The monoisotopic (exact) mass is 310 g/mol. The van der Waals surface area contributed by atoms with Crippen molar-refractivity contribution in [1.29, 1.82) is 0 Å². The van der Waals surface area contributed by atoms with Crippen LogP contribution in [0.1, 0.15) is 45.4 Å². The van der Waals surface area contributed by atoms with Crippen LogP contribution in [0.2, 0.25) is 0 Å². The number of methoxy groups -OCH3 is 2. The largest absolute Gasteiger partial charge is 0.469 e. The summed E-state index contributed by atoms with van der Waals surface area (Å²) in [6.07, 6.45) is 1.90. The second-order valence-corrected chi connectivity index (χ2v) is 6.26. The summed E-state index contributed by atoms with van der Waals surface area (Å²) >= 11 is 0. The Hall–Kier alpha value is -1.15. The van der Waals surface area contributed by atoms with E-state index in [4.69, 9.17) is 0 Å². The fourth-order valence-corrected chi connectivity index (χ4v) is 2.91. The van der Waals surface area contributed by atoms with Crippen LogP contribution < -0.4 is 0 Å². The van der Waals surface area contributed by atoms with Crippen molar-refractivity contribution in [2.24, 2.45) is 0 Å². The van der Waals surface area contributed by atoms with Crippen LogP contribution in [-0.4, -0.2) is 43.9 Å². The number of ether oxygens (including phenoxy) is 2. The molecule has 0 aromatic rings. The maximum Gasteiger partial charge on any atom is 0.330 e. The molecule has 20 heavy (non-hydrogen) atoms. The van der Waals surface area contributed by atoms with Gasteiger partial charge in [0, 0.05) is 0 Å². The molecule has 0 aliphatic heterocycles. The Kier molecular flexibility index (Phi) is 7.74. The first-order valence-electron chi connectivity index (χ1n) is 6.37. The van der Waals surface area contributed by atoms with Gasteiger partial charge in [-0.2, -0.15) is 8.42 Å². The van der Waals surface area contributed by atoms with Gasteiger partial charge in [-0.15, -0.1) is 0 Å². The third-order valence-electron chi connectivity index (χ3n) is 3.14. The molecule has 0 heterocycles. The average Bonchev–Trinajstić information content (AvgIpc) is 2.39. The van der Waals surface area contributed by atoms with E-state index in [0.717, 1.165) is 27.1 Å². The predicted molar refractivity (Wildman–Crippen MR) is 71.7 cm³/mol. The zero-order valence-electron chi connectivity index (χ0n) is 12.0. The van der Waals surface area contributed by atoms with Gasteiger partial charge in [0.1, 0.15) is 0 Å². The van der Waals surface area contributed by atoms with E-state index in [1.54, 1.807) is 0 Å². The number of carbonyl (C=O) groups is 2. The van der Waals surface area contributed by atoms with Gasteiger partial charge in [-0.05, 0) is 6.42 Å². The molecular formula is C12H22O7S. The molecule has 0 bridgehead atoms. The van der Waals surface area contributed by atoms with Crippen molar-refractivity contribution in [3.8, 4) is 0 Å². The minimum absolute atomic E-state index is 0.187. The first-order chi connectivity index (χ1) is 9.25. The molecule has 1 unspecified atom stereocenters. The molecule has 7 nitrogen and oxygen atoms in total. The molecule has 0 aliphatic carbocycles. The first kappa shape index (κ1) is 18.9. The van der Waals surface area contributed by atoms with Gasteiger partial charge in [0.2, 0.25) is 4.75 Å². The van der Waals surface area contributed by atoms with Crippen LogP contribution in [0.3, 0.4) is 0 Å². The molecule has 0 saturated carbocycles. The van der Waals surface area contributed by atoms with Crippen LogP contribution in [0.4, 0.5) is 0 Å². The summed E-state index contributed by atoms with van der Waals surface area (Å²) < 4.78 is 39.2. The molecule has 0 aliphatic rings. The molecule has 0 aromatic heterocycles. The van der Waals surface area contributed by atoms with Crippen LogP contribution in [0, 0.1) is 0 Å². The van der Waals surface area contributed by atoms with E-state index >= 15 is 0 Å². The molecule has 0 amide bonds. The zero-order chi connectivity index (χ0) is 15.8. The van der Waals surface area contributed by atoms with Gasteiger partial charge in [-0.3, -0.25) is 14.1 Å². The zero-order valence-corrected chi connectivity index (χ0v) is 12.9. The highest BCUT2D eigenvalue weighted by molar-refractivity contribution is 7.88. The number of esters is 2. The summed E-state index contributed by atoms with van der Waals surface area (Å²) in [5, 5.41) is 0. The summed E-state index contributed by atoms with van der Waals surface area (Å²) in [5.74, 6) is -2.05. The van der Waals surface area contributed by atoms with Gasteiger partial charge >= 0.3 is 11.9 Å². The maximum atomic E-state index is 11.8. The number of hydrogen-bond donors (Lipinski definition) is 1. The Morgan fingerprint density at radius 3 is 2.10 bits per heavy atom. The lowest BCUT2D eigenvalue weighted by molar-refractivity contribution is -0.150. The second-order valence-electron chi connectivity index (χ2n) is 4.52. The van der Waals surface area contributed by atoms with E-state index in [0.29, 0.717) is 12.8 Å². The Labute approximate surface area is 119 Å². The van der Waals surface area contributed by atoms with Crippen molar-refractivity contribution in [1.82, 2.24) is 0 Å². The topological polar surface area (TPSA) is 107 Å². The van der Waals surface area contributed by atoms with Gasteiger partial charge in [0.05, 0.1) is 20.6 Å². The Morgan fingerprint density at radius 2 is 1.70 bits per heavy atom. The predicted octanol–water partition coefficient (Wildman–Crippen LogP) is 1.32. The van der Waals surface area contributed by atoms with E-state index < -0.39 is 33.2 Å². The van der Waals surface area contributed by atoms with Crippen molar-refractivity contribution in [2.45, 2.75) is 50.2 Å². The Bertz CT molecular complexity index is 429. The van der Waals surface area contributed by atoms with E-state index in [-0.39, 0.29) is 6.42 Å². The summed E-state index contributed by atoms with van der Waals surface area (Å²) in [6, 6.07) is 0. The minimum atomic E-state index is -4.81. The lowest BCUT2D eigenvalue weighted by atomic mass is 9.96. The van der Waals surface area contributed by atoms with Gasteiger partial charge < -0.3 is 9.47 Å². The summed E-state index contributed by atoms with van der Waals surface area (Å²) in [6.45, 7) is 1.98. The van der Waals surface area contributed by atoms with Gasteiger partial charge in [0.15, 0.2) is 0 Å². The average molecular weight is 310 g/mol. The van der Waals surface area contributed by atoms with Gasteiger partial charge in [-0.1, -0.05) is 32.6 Å². The summed E-state index contributed by atoms with van der Waals surface area (Å²) in [5.41, 5.74) is 0. The van der Waals surface area contributed by atoms with Crippen LogP contribution in [0.25, 0.3) is 0 Å². The van der Waals surface area contributed by atoms with Crippen LogP contribution in [0.5, 0.6) is 0 Å². The molecule has 0 rings (SSSR count). The minimum Gasteiger partial charge on any atom is -0.469 e. The lowest BCUT2D eigenvalue weighted by Gasteiger charge is -2.26. The summed E-state index contributed by atoms with van der Waals surface area (Å²) in [7, 11) is -2.73. The number of rotatable bonds is 9. The van der Waals surface area contributed by atoms with Crippen molar-refractivity contribution in [3.05, 3.63) is 0 Å². The number of carbonyl (C=O) groups excluding carboxylic acids is 2. The van der Waals surface area contributed by atoms with Crippen molar-refractivity contribution in [3.63, 3.8) is 0 Å². The van der Waals surface area contributed by atoms with Crippen LogP contribution >= 0.6 is 0 Å². The molecule has 118 valence electrons. The molecule has 0 saturated heterocycles. The smallest absolute Gasteiger partial charge is 0.330 e. The van der Waals surface area contributed by atoms with E-state index in [9.17, 15) is 22.6 Å². The number of unbranched alkanes of at least 4 members (excludes halogenated alkanes) is 3. The highest BCUT2D eigenvalue weighted by atomic mass is 32.2. The van der Waals surface area contributed by atoms with Gasteiger partial charge in [-0.25, -0.2) is 0 Å². The molecular weight excluding hydrogens is 288 g/mol. The van der Waals surface area contributed by atoms with Crippen molar-refractivity contribution < 1.29 is 32.0 Å². The van der Waals surface area contributed by atoms with Crippen molar-refractivity contribution >= 4 is 22.1 Å². The third kappa shape index (κ3) is 4.75. The molecule has 0 spiro atoms. The quantitative estimate of drug-likeness (QED) is 0.389. The standard InChI is InChI=1S/C12H22O7S/c1-4-5-6-7-8-12(11(14)19-3,20(15,16)17)9-10(13)18-2/h4-9H2,1-3H3,(H,15,16,17). The van der Waals surface area contributed by atoms with E-state index in [1.807, 2.05) is 6.92 Å². The fourth-order valence-electron chi connectivity index (χ4n) is 1.92. The second kappa shape index (κ2) is 8.21. The molecule has 1 atom stereocenters. The SMILES string of the molecule is CCCCCCC(CC(=O)OC)(C(=O)OC)S(=O)(=O)O. The molecule has 0 radical (unpaired) electrons. The molecule has 0 aromatic carbocycles. The maximum absolute atomic E-state index is 11.8. The molecule has 8 heteroatoms. The highest BCUT2D eigenvalue weighted by Gasteiger charge is 2.52. The fraction of sp³-hybridized carbons (Fsp3) is 0.833. The summed E-state index contributed by atoms with van der Waals surface area (Å²) in [4.78, 5) is 23.2. The van der Waals surface area contributed by atoms with E-state index in [2.05, 4.69) is 9.47 Å².